The predicted octanol–water partition coefficient (Wildman–Crippen LogP) is 4.05. The zero-order chi connectivity index (χ0) is 18.8. The third kappa shape index (κ3) is 3.82. The molecule has 1 aliphatic rings. The third-order valence-corrected chi connectivity index (χ3v) is 5.55. The van der Waals surface area contributed by atoms with Crippen LogP contribution in [0.25, 0.3) is 0 Å². The summed E-state index contributed by atoms with van der Waals surface area (Å²) >= 11 is 12.5. The highest BCUT2D eigenvalue weighted by molar-refractivity contribution is 6.45. The average molecular weight is 387 g/mol. The van der Waals surface area contributed by atoms with Crippen molar-refractivity contribution in [2.75, 3.05) is 13.7 Å². The maximum absolute atomic E-state index is 13.0. The molecule has 0 N–H and O–H groups in total. The van der Waals surface area contributed by atoms with Crippen LogP contribution < -0.4 is 4.74 Å². The molecule has 136 valence electrons. The number of hydrogen-bond donors (Lipinski definition) is 0. The first-order chi connectivity index (χ1) is 11.8. The number of methoxy groups -OCH3 is 1. The number of ketones is 2. The Morgan fingerprint density at radius 3 is 2.52 bits per heavy atom. The van der Waals surface area contributed by atoms with Crippen LogP contribution in [0.15, 0.2) is 6.07 Å². The number of carbonyl (C=O) groups is 3. The molecule has 0 saturated heterocycles. The second-order valence-corrected chi connectivity index (χ2v) is 7.00. The van der Waals surface area contributed by atoms with Gasteiger partial charge in [0.25, 0.3) is 0 Å². The second-order valence-electron chi connectivity index (χ2n) is 6.24. The summed E-state index contributed by atoms with van der Waals surface area (Å²) in [7, 11) is 1.26. The molecule has 0 radical (unpaired) electrons. The zero-order valence-electron chi connectivity index (χ0n) is 14.4. The zero-order valence-corrected chi connectivity index (χ0v) is 15.9. The summed E-state index contributed by atoms with van der Waals surface area (Å²) in [5, 5.41) is 0.221. The highest BCUT2D eigenvalue weighted by atomic mass is 35.5. The summed E-state index contributed by atoms with van der Waals surface area (Å²) in [5.74, 6) is -0.351. The molecule has 1 aromatic carbocycles. The summed E-state index contributed by atoms with van der Waals surface area (Å²) < 4.78 is 9.91. The van der Waals surface area contributed by atoms with Gasteiger partial charge in [-0.1, -0.05) is 30.1 Å². The maximum atomic E-state index is 13.0. The number of ether oxygens (including phenoxy) is 2. The monoisotopic (exact) mass is 386 g/mol. The first-order valence-electron chi connectivity index (χ1n) is 8.00. The predicted molar refractivity (Wildman–Crippen MR) is 94.6 cm³/mol. The number of Topliss-reactive ketones (excluding diaryl/α,β-unsaturated/α-hetero) is 2. The Morgan fingerprint density at radius 2 is 1.96 bits per heavy atom. The first-order valence-corrected chi connectivity index (χ1v) is 8.76. The lowest BCUT2D eigenvalue weighted by Crippen LogP contribution is -2.28. The van der Waals surface area contributed by atoms with Crippen LogP contribution in [0.3, 0.4) is 0 Å². The molecule has 1 aromatic rings. The number of carbonyl (C=O) groups excluding carboxylic acids is 3. The van der Waals surface area contributed by atoms with E-state index in [4.69, 9.17) is 27.9 Å². The molecule has 1 aliphatic carbocycles. The molecule has 0 saturated carbocycles. The van der Waals surface area contributed by atoms with Gasteiger partial charge >= 0.3 is 5.97 Å². The van der Waals surface area contributed by atoms with Crippen molar-refractivity contribution in [1.82, 2.24) is 0 Å². The third-order valence-electron chi connectivity index (χ3n) is 4.70. The van der Waals surface area contributed by atoms with E-state index >= 15 is 0 Å². The molecule has 5 nitrogen and oxygen atoms in total. The van der Waals surface area contributed by atoms with Crippen LogP contribution in [0.4, 0.5) is 0 Å². The summed E-state index contributed by atoms with van der Waals surface area (Å²) in [5.41, 5.74) is 0.467. The molecule has 0 aromatic heterocycles. The van der Waals surface area contributed by atoms with Gasteiger partial charge in [0, 0.05) is 17.4 Å². The maximum Gasteiger partial charge on any atom is 0.343 e. The SMILES string of the molecule is CCC1(CCC(C)=O)Cc2cc(OCC(=O)OC)c(Cl)c(Cl)c2C1=O. The Labute approximate surface area is 156 Å². The average Bonchev–Trinajstić information content (AvgIpc) is 2.87. The van der Waals surface area contributed by atoms with Gasteiger partial charge in [0.05, 0.1) is 12.1 Å². The van der Waals surface area contributed by atoms with E-state index in [0.717, 1.165) is 5.56 Å². The molecule has 2 rings (SSSR count). The van der Waals surface area contributed by atoms with E-state index in [2.05, 4.69) is 4.74 Å². The molecule has 0 heterocycles. The second kappa shape index (κ2) is 7.75. The van der Waals surface area contributed by atoms with Gasteiger partial charge in [-0.3, -0.25) is 4.79 Å². The van der Waals surface area contributed by atoms with Gasteiger partial charge in [0.2, 0.25) is 0 Å². The lowest BCUT2D eigenvalue weighted by atomic mass is 9.76. The molecule has 7 heteroatoms. The van der Waals surface area contributed by atoms with Crippen LogP contribution in [0, 0.1) is 5.41 Å². The summed E-state index contributed by atoms with van der Waals surface area (Å²) in [6, 6.07) is 1.65. The number of fused-ring (bicyclic) bond motifs is 1. The van der Waals surface area contributed by atoms with Gasteiger partial charge in [-0.05, 0) is 37.8 Å². The highest BCUT2D eigenvalue weighted by Gasteiger charge is 2.45. The van der Waals surface area contributed by atoms with Crippen molar-refractivity contribution in [3.63, 3.8) is 0 Å². The van der Waals surface area contributed by atoms with Gasteiger partial charge in [-0.15, -0.1) is 0 Å². The Hall–Kier alpha value is -1.59. The number of rotatable bonds is 7. The normalized spacial score (nSPS) is 18.8. The molecule has 0 bridgehead atoms. The van der Waals surface area contributed by atoms with Gasteiger partial charge in [-0.2, -0.15) is 0 Å². The molecule has 0 spiro atoms. The molecular weight excluding hydrogens is 367 g/mol. The standard InChI is InChI=1S/C18H20Cl2O5/c1-4-18(6-5-10(2)21)8-11-7-12(25-9-13(22)24-3)15(19)16(20)14(11)17(18)23/h7H,4-6,8-9H2,1-3H3. The van der Waals surface area contributed by atoms with E-state index in [0.29, 0.717) is 31.2 Å². The van der Waals surface area contributed by atoms with Gasteiger partial charge in [0.1, 0.15) is 16.6 Å². The fourth-order valence-electron chi connectivity index (χ4n) is 3.13. The highest BCUT2D eigenvalue weighted by Crippen LogP contribution is 2.49. The lowest BCUT2D eigenvalue weighted by molar-refractivity contribution is -0.142. The Bertz CT molecular complexity index is 729. The smallest absolute Gasteiger partial charge is 0.343 e. The van der Waals surface area contributed by atoms with E-state index in [1.165, 1.54) is 14.0 Å². The number of esters is 1. The summed E-state index contributed by atoms with van der Waals surface area (Å²) in [6.45, 7) is 3.13. The van der Waals surface area contributed by atoms with E-state index in [1.54, 1.807) is 6.07 Å². The van der Waals surface area contributed by atoms with Crippen LogP contribution in [-0.2, 0) is 20.7 Å². The topological polar surface area (TPSA) is 69.7 Å². The molecular formula is C18H20Cl2O5. The van der Waals surface area contributed by atoms with E-state index in [-0.39, 0.29) is 34.0 Å². The van der Waals surface area contributed by atoms with Crippen molar-refractivity contribution in [3.8, 4) is 5.75 Å². The van der Waals surface area contributed by atoms with Crippen molar-refractivity contribution in [2.24, 2.45) is 5.41 Å². The Kier molecular flexibility index (Phi) is 6.12. The lowest BCUT2D eigenvalue weighted by Gasteiger charge is -2.25. The Balaban J connectivity index is 2.37. The van der Waals surface area contributed by atoms with Crippen LogP contribution in [-0.4, -0.2) is 31.3 Å². The van der Waals surface area contributed by atoms with Crippen molar-refractivity contribution < 1.29 is 23.9 Å². The van der Waals surface area contributed by atoms with E-state index in [9.17, 15) is 14.4 Å². The number of halogens is 2. The van der Waals surface area contributed by atoms with E-state index < -0.39 is 11.4 Å². The quantitative estimate of drug-likeness (QED) is 0.661. The fourth-order valence-corrected chi connectivity index (χ4v) is 3.63. The summed E-state index contributed by atoms with van der Waals surface area (Å²) in [6.07, 6.45) is 1.87. The fraction of sp³-hybridized carbons (Fsp3) is 0.500. The minimum Gasteiger partial charge on any atom is -0.480 e. The van der Waals surface area contributed by atoms with Crippen LogP contribution in [0.1, 0.15) is 49.0 Å². The molecule has 0 fully saturated rings. The van der Waals surface area contributed by atoms with Crippen molar-refractivity contribution in [2.45, 2.75) is 39.5 Å². The van der Waals surface area contributed by atoms with Crippen molar-refractivity contribution >= 4 is 40.7 Å². The molecule has 0 amide bonds. The van der Waals surface area contributed by atoms with Crippen LogP contribution in [0.2, 0.25) is 10.0 Å². The van der Waals surface area contributed by atoms with Crippen LogP contribution in [0.5, 0.6) is 5.75 Å². The van der Waals surface area contributed by atoms with Crippen LogP contribution >= 0.6 is 23.2 Å². The largest absolute Gasteiger partial charge is 0.480 e. The minimum atomic E-state index is -0.651. The summed E-state index contributed by atoms with van der Waals surface area (Å²) in [4.78, 5) is 35.6. The van der Waals surface area contributed by atoms with Crippen molar-refractivity contribution in [1.29, 1.82) is 0 Å². The molecule has 25 heavy (non-hydrogen) atoms. The molecule has 0 aliphatic heterocycles. The van der Waals surface area contributed by atoms with Gasteiger partial charge in [-0.25, -0.2) is 4.79 Å². The van der Waals surface area contributed by atoms with Crippen molar-refractivity contribution in [3.05, 3.63) is 27.2 Å². The van der Waals surface area contributed by atoms with Gasteiger partial charge in [0.15, 0.2) is 12.4 Å². The first kappa shape index (κ1) is 19.7. The Morgan fingerprint density at radius 1 is 1.28 bits per heavy atom. The number of hydrogen-bond acceptors (Lipinski definition) is 5. The molecule has 1 atom stereocenters. The number of benzene rings is 1. The molecule has 1 unspecified atom stereocenters. The minimum absolute atomic E-state index is 0.0443. The van der Waals surface area contributed by atoms with E-state index in [1.807, 2.05) is 6.92 Å². The van der Waals surface area contributed by atoms with Gasteiger partial charge < -0.3 is 14.3 Å².